The van der Waals surface area contributed by atoms with E-state index in [1.807, 2.05) is 54.6 Å². The van der Waals surface area contributed by atoms with E-state index in [-0.39, 0.29) is 18.4 Å². The minimum Gasteiger partial charge on any atom is -0.467 e. The Morgan fingerprint density at radius 2 is 1.60 bits per heavy atom. The van der Waals surface area contributed by atoms with Crippen molar-refractivity contribution in [3.63, 3.8) is 0 Å². The van der Waals surface area contributed by atoms with Gasteiger partial charge in [0.2, 0.25) is 5.91 Å². The molecule has 2 heterocycles. The lowest BCUT2D eigenvalue weighted by atomic mass is 10.0. The number of morpholine rings is 1. The van der Waals surface area contributed by atoms with Crippen molar-refractivity contribution in [1.82, 2.24) is 14.7 Å². The van der Waals surface area contributed by atoms with Gasteiger partial charge in [0.05, 0.1) is 26.0 Å². The van der Waals surface area contributed by atoms with Gasteiger partial charge in [-0.05, 0) is 48.2 Å². The van der Waals surface area contributed by atoms with Gasteiger partial charge in [-0.3, -0.25) is 14.5 Å². The maximum Gasteiger partial charge on any atom is 0.254 e. The molecule has 0 N–H and O–H groups in total. The predicted octanol–water partition coefficient (Wildman–Crippen LogP) is 5.41. The Balaban J connectivity index is 1.47. The van der Waals surface area contributed by atoms with Gasteiger partial charge in [-0.25, -0.2) is 0 Å². The zero-order valence-electron chi connectivity index (χ0n) is 23.8. The molecular weight excluding hydrogens is 502 g/mol. The maximum atomic E-state index is 13.8. The zero-order valence-corrected chi connectivity index (χ0v) is 23.8. The van der Waals surface area contributed by atoms with Crippen LogP contribution in [0, 0.1) is 0 Å². The van der Waals surface area contributed by atoms with Crippen LogP contribution in [0.5, 0.6) is 0 Å². The summed E-state index contributed by atoms with van der Waals surface area (Å²) < 4.78 is 11.0. The van der Waals surface area contributed by atoms with E-state index in [4.69, 9.17) is 9.15 Å². The van der Waals surface area contributed by atoms with Gasteiger partial charge in [0.25, 0.3) is 5.91 Å². The Labute approximate surface area is 238 Å². The number of carbonyl (C=O) groups is 2. The average molecular weight is 546 g/mol. The quantitative estimate of drug-likeness (QED) is 0.239. The molecule has 3 aromatic rings. The van der Waals surface area contributed by atoms with Gasteiger partial charge < -0.3 is 19.0 Å². The molecule has 0 atom stereocenters. The summed E-state index contributed by atoms with van der Waals surface area (Å²) in [4.78, 5) is 33.3. The van der Waals surface area contributed by atoms with Crippen molar-refractivity contribution in [2.45, 2.75) is 52.1 Å². The number of hydrogen-bond donors (Lipinski definition) is 0. The standard InChI is InChI=1S/C33H43N3O4/c1-2-3-4-6-10-28-14-16-30(17-15-28)33(38)35(19-18-34-20-23-39-24-21-34)27-32(37)36(26-31-13-9-22-40-31)25-29-11-7-5-8-12-29/h5,7-9,11-17,22H,2-4,6,10,18-21,23-27H2,1H3. The van der Waals surface area contributed by atoms with E-state index in [1.54, 1.807) is 16.1 Å². The molecule has 7 heteroatoms. The van der Waals surface area contributed by atoms with Crippen LogP contribution in [0.1, 0.15) is 59.9 Å². The smallest absolute Gasteiger partial charge is 0.254 e. The van der Waals surface area contributed by atoms with Crippen molar-refractivity contribution in [1.29, 1.82) is 0 Å². The lowest BCUT2D eigenvalue weighted by Crippen LogP contribution is -2.47. The third-order valence-corrected chi connectivity index (χ3v) is 7.42. The van der Waals surface area contributed by atoms with Gasteiger partial charge in [-0.2, -0.15) is 0 Å². The Kier molecular flexibility index (Phi) is 11.8. The fraction of sp³-hybridized carbons (Fsp3) is 0.455. The molecule has 0 saturated carbocycles. The number of unbranched alkanes of at least 4 members (excludes halogenated alkanes) is 3. The molecule has 214 valence electrons. The first kappa shape index (κ1) is 29.6. The molecule has 0 radical (unpaired) electrons. The average Bonchev–Trinajstić information content (AvgIpc) is 3.51. The number of benzene rings is 2. The first-order chi connectivity index (χ1) is 19.6. The third kappa shape index (κ3) is 9.35. The molecule has 1 saturated heterocycles. The summed E-state index contributed by atoms with van der Waals surface area (Å²) in [6, 6.07) is 21.5. The third-order valence-electron chi connectivity index (χ3n) is 7.42. The number of rotatable bonds is 15. The fourth-order valence-electron chi connectivity index (χ4n) is 4.98. The molecule has 7 nitrogen and oxygen atoms in total. The summed E-state index contributed by atoms with van der Waals surface area (Å²) in [7, 11) is 0. The highest BCUT2D eigenvalue weighted by Gasteiger charge is 2.24. The van der Waals surface area contributed by atoms with Crippen LogP contribution < -0.4 is 0 Å². The van der Waals surface area contributed by atoms with Crippen LogP contribution in [0.2, 0.25) is 0 Å². The van der Waals surface area contributed by atoms with Crippen molar-refractivity contribution in [2.75, 3.05) is 45.9 Å². The van der Waals surface area contributed by atoms with Crippen LogP contribution in [0.3, 0.4) is 0 Å². The van der Waals surface area contributed by atoms with E-state index < -0.39 is 0 Å². The first-order valence-electron chi connectivity index (χ1n) is 14.6. The van der Waals surface area contributed by atoms with Gasteiger partial charge in [0, 0.05) is 38.3 Å². The minimum absolute atomic E-state index is 0.00941. The molecule has 0 unspecified atom stereocenters. The second-order valence-corrected chi connectivity index (χ2v) is 10.5. The Hall–Kier alpha value is -3.42. The van der Waals surface area contributed by atoms with Crippen molar-refractivity contribution >= 4 is 11.8 Å². The van der Waals surface area contributed by atoms with E-state index in [1.165, 1.54) is 24.8 Å². The normalized spacial score (nSPS) is 13.7. The second kappa shape index (κ2) is 16.0. The number of aryl methyl sites for hydroxylation is 1. The Morgan fingerprint density at radius 1 is 0.825 bits per heavy atom. The number of carbonyl (C=O) groups excluding carboxylic acids is 2. The summed E-state index contributed by atoms with van der Waals surface area (Å²) >= 11 is 0. The topological polar surface area (TPSA) is 66.2 Å². The Morgan fingerprint density at radius 3 is 2.30 bits per heavy atom. The molecule has 1 aromatic heterocycles. The maximum absolute atomic E-state index is 13.8. The predicted molar refractivity (Wildman–Crippen MR) is 157 cm³/mol. The lowest BCUT2D eigenvalue weighted by molar-refractivity contribution is -0.133. The molecule has 2 amide bonds. The summed E-state index contributed by atoms with van der Waals surface area (Å²) in [5, 5.41) is 0. The van der Waals surface area contributed by atoms with E-state index in [2.05, 4.69) is 24.0 Å². The molecule has 2 aromatic carbocycles. The van der Waals surface area contributed by atoms with E-state index in [0.717, 1.165) is 31.5 Å². The molecule has 1 aliphatic rings. The molecule has 0 aliphatic carbocycles. The highest BCUT2D eigenvalue weighted by molar-refractivity contribution is 5.96. The summed E-state index contributed by atoms with van der Waals surface area (Å²) in [5.41, 5.74) is 2.90. The molecule has 0 bridgehead atoms. The Bertz CT molecular complexity index is 1140. The van der Waals surface area contributed by atoms with E-state index >= 15 is 0 Å². The van der Waals surface area contributed by atoms with Crippen LogP contribution in [-0.2, 0) is 29.0 Å². The van der Waals surface area contributed by atoms with Gasteiger partial charge in [-0.1, -0.05) is 68.7 Å². The number of ether oxygens (including phenoxy) is 1. The van der Waals surface area contributed by atoms with Gasteiger partial charge >= 0.3 is 0 Å². The van der Waals surface area contributed by atoms with Crippen LogP contribution >= 0.6 is 0 Å². The number of furan rings is 1. The van der Waals surface area contributed by atoms with Gasteiger partial charge in [-0.15, -0.1) is 0 Å². The highest BCUT2D eigenvalue weighted by Crippen LogP contribution is 2.15. The SMILES string of the molecule is CCCCCCc1ccc(C(=O)N(CCN2CCOCC2)CC(=O)N(Cc2ccccc2)Cc2ccco2)cc1. The summed E-state index contributed by atoms with van der Waals surface area (Å²) in [6.07, 6.45) is 7.50. The van der Waals surface area contributed by atoms with Crippen LogP contribution in [-0.4, -0.2) is 72.5 Å². The second-order valence-electron chi connectivity index (χ2n) is 10.5. The summed E-state index contributed by atoms with van der Waals surface area (Å²) in [5.74, 6) is 0.491. The van der Waals surface area contributed by atoms with Crippen molar-refractivity contribution in [3.8, 4) is 0 Å². The van der Waals surface area contributed by atoms with Crippen LogP contribution in [0.4, 0.5) is 0 Å². The molecule has 1 aliphatic heterocycles. The molecule has 1 fully saturated rings. The molecule has 0 spiro atoms. The molecular formula is C33H43N3O4. The largest absolute Gasteiger partial charge is 0.467 e. The van der Waals surface area contributed by atoms with E-state index in [9.17, 15) is 9.59 Å². The van der Waals surface area contributed by atoms with Crippen LogP contribution in [0.25, 0.3) is 0 Å². The lowest BCUT2D eigenvalue weighted by Gasteiger charge is -2.31. The molecule has 40 heavy (non-hydrogen) atoms. The van der Waals surface area contributed by atoms with Gasteiger partial charge in [0.15, 0.2) is 0 Å². The van der Waals surface area contributed by atoms with Crippen LogP contribution in [0.15, 0.2) is 77.4 Å². The number of nitrogens with zero attached hydrogens (tertiary/aromatic N) is 3. The number of hydrogen-bond acceptors (Lipinski definition) is 5. The molecule has 4 rings (SSSR count). The first-order valence-corrected chi connectivity index (χ1v) is 14.6. The summed E-state index contributed by atoms with van der Waals surface area (Å²) in [6.45, 7) is 7.25. The zero-order chi connectivity index (χ0) is 28.0. The van der Waals surface area contributed by atoms with Crippen molar-refractivity contribution < 1.29 is 18.7 Å². The highest BCUT2D eigenvalue weighted by atomic mass is 16.5. The van der Waals surface area contributed by atoms with E-state index in [0.29, 0.717) is 50.7 Å². The monoisotopic (exact) mass is 545 g/mol. The number of amides is 2. The fourth-order valence-corrected chi connectivity index (χ4v) is 4.98. The minimum atomic E-state index is -0.114. The van der Waals surface area contributed by atoms with Gasteiger partial charge in [0.1, 0.15) is 12.3 Å². The van der Waals surface area contributed by atoms with Crippen molar-refractivity contribution in [2.24, 2.45) is 0 Å². The van der Waals surface area contributed by atoms with Crippen molar-refractivity contribution in [3.05, 3.63) is 95.4 Å².